The maximum absolute atomic E-state index is 12.5. The molecule has 0 aliphatic carbocycles. The number of piperazine rings is 1. The van der Waals surface area contributed by atoms with Crippen molar-refractivity contribution in [2.45, 2.75) is 24.0 Å². The summed E-state index contributed by atoms with van der Waals surface area (Å²) in [6, 6.07) is 7.44. The van der Waals surface area contributed by atoms with E-state index in [-0.39, 0.29) is 17.2 Å². The van der Waals surface area contributed by atoms with Crippen LogP contribution in [0.2, 0.25) is 5.02 Å². The maximum Gasteiger partial charge on any atom is 0.317 e. The number of rotatable bonds is 4. The Kier molecular flexibility index (Phi) is 6.59. The van der Waals surface area contributed by atoms with Crippen molar-refractivity contribution in [3.63, 3.8) is 0 Å². The number of amides is 3. The van der Waals surface area contributed by atoms with Gasteiger partial charge in [0, 0.05) is 42.6 Å². The van der Waals surface area contributed by atoms with E-state index >= 15 is 0 Å². The highest BCUT2D eigenvalue weighted by Gasteiger charge is 2.27. The first-order chi connectivity index (χ1) is 11.0. The van der Waals surface area contributed by atoms with Gasteiger partial charge in [-0.3, -0.25) is 4.79 Å². The zero-order valence-corrected chi connectivity index (χ0v) is 15.0. The molecule has 1 aromatic carbocycles. The van der Waals surface area contributed by atoms with Crippen molar-refractivity contribution in [1.82, 2.24) is 15.1 Å². The summed E-state index contributed by atoms with van der Waals surface area (Å²) in [5.74, 6) is 0.112. The second-order valence-corrected chi connectivity index (χ2v) is 7.21. The Bertz CT molecular complexity index is 545. The van der Waals surface area contributed by atoms with Crippen molar-refractivity contribution in [3.8, 4) is 0 Å². The van der Waals surface area contributed by atoms with Gasteiger partial charge in [-0.2, -0.15) is 0 Å². The smallest absolute Gasteiger partial charge is 0.317 e. The van der Waals surface area contributed by atoms with Gasteiger partial charge in [0.25, 0.3) is 0 Å². The average molecular weight is 356 g/mol. The second-order valence-electron chi connectivity index (χ2n) is 5.36. The molecule has 0 aromatic heterocycles. The van der Waals surface area contributed by atoms with Crippen LogP contribution in [0.3, 0.4) is 0 Å². The summed E-state index contributed by atoms with van der Waals surface area (Å²) in [6.07, 6.45) is 0. The van der Waals surface area contributed by atoms with Crippen LogP contribution < -0.4 is 5.32 Å². The molecule has 1 aliphatic heterocycles. The van der Waals surface area contributed by atoms with Gasteiger partial charge < -0.3 is 15.1 Å². The molecule has 1 heterocycles. The molecule has 2 rings (SSSR count). The first-order valence-electron chi connectivity index (χ1n) is 7.75. The van der Waals surface area contributed by atoms with E-state index in [1.807, 2.05) is 43.0 Å². The highest BCUT2D eigenvalue weighted by molar-refractivity contribution is 8.00. The van der Waals surface area contributed by atoms with E-state index in [2.05, 4.69) is 5.32 Å². The monoisotopic (exact) mass is 355 g/mol. The molecule has 1 unspecified atom stereocenters. The highest BCUT2D eigenvalue weighted by Crippen LogP contribution is 2.26. The van der Waals surface area contributed by atoms with Crippen LogP contribution in [0.25, 0.3) is 0 Å². The Morgan fingerprint density at radius 1 is 1.17 bits per heavy atom. The van der Waals surface area contributed by atoms with E-state index in [4.69, 9.17) is 11.6 Å². The van der Waals surface area contributed by atoms with Crippen LogP contribution in [-0.2, 0) is 4.79 Å². The molecule has 23 heavy (non-hydrogen) atoms. The Hall–Kier alpha value is -1.40. The largest absolute Gasteiger partial charge is 0.338 e. The van der Waals surface area contributed by atoms with Crippen molar-refractivity contribution in [2.75, 3.05) is 32.7 Å². The molecule has 0 spiro atoms. The number of halogens is 1. The van der Waals surface area contributed by atoms with E-state index in [1.165, 1.54) is 11.8 Å². The van der Waals surface area contributed by atoms with Crippen LogP contribution in [0.4, 0.5) is 4.79 Å². The molecule has 7 heteroatoms. The third-order valence-electron chi connectivity index (χ3n) is 3.68. The van der Waals surface area contributed by atoms with Gasteiger partial charge in [-0.1, -0.05) is 11.6 Å². The summed E-state index contributed by atoms with van der Waals surface area (Å²) in [5, 5.41) is 3.32. The van der Waals surface area contributed by atoms with Crippen LogP contribution in [0.15, 0.2) is 29.2 Å². The van der Waals surface area contributed by atoms with Gasteiger partial charge in [0.05, 0.1) is 5.25 Å². The molecular formula is C16H22ClN3O2S. The Morgan fingerprint density at radius 3 is 2.30 bits per heavy atom. The van der Waals surface area contributed by atoms with E-state index in [1.54, 1.807) is 4.90 Å². The first kappa shape index (κ1) is 17.9. The summed E-state index contributed by atoms with van der Waals surface area (Å²) in [7, 11) is 0. The number of nitrogens with one attached hydrogen (secondary N) is 1. The number of thioether (sulfide) groups is 1. The van der Waals surface area contributed by atoms with Crippen molar-refractivity contribution in [1.29, 1.82) is 0 Å². The molecule has 126 valence electrons. The van der Waals surface area contributed by atoms with Crippen molar-refractivity contribution < 1.29 is 9.59 Å². The normalized spacial score (nSPS) is 16.1. The summed E-state index contributed by atoms with van der Waals surface area (Å²) >= 11 is 7.40. The molecule has 1 atom stereocenters. The number of nitrogens with zero attached hydrogens (tertiary/aromatic N) is 2. The predicted octanol–water partition coefficient (Wildman–Crippen LogP) is 2.69. The van der Waals surface area contributed by atoms with Gasteiger partial charge in [0.2, 0.25) is 5.91 Å². The van der Waals surface area contributed by atoms with E-state index in [0.717, 1.165) is 4.90 Å². The molecule has 5 nitrogen and oxygen atoms in total. The minimum Gasteiger partial charge on any atom is -0.338 e. The summed E-state index contributed by atoms with van der Waals surface area (Å²) < 4.78 is 0. The number of hydrogen-bond acceptors (Lipinski definition) is 3. The third kappa shape index (κ3) is 5.04. The number of carbonyl (C=O) groups excluding carboxylic acids is 2. The molecule has 1 aliphatic rings. The van der Waals surface area contributed by atoms with Crippen molar-refractivity contribution in [3.05, 3.63) is 29.3 Å². The van der Waals surface area contributed by atoms with Crippen LogP contribution in [0.5, 0.6) is 0 Å². The molecule has 0 saturated carbocycles. The molecular weight excluding hydrogens is 334 g/mol. The number of urea groups is 1. The fourth-order valence-corrected chi connectivity index (χ4v) is 3.50. The number of hydrogen-bond donors (Lipinski definition) is 1. The molecule has 3 amide bonds. The summed E-state index contributed by atoms with van der Waals surface area (Å²) in [5.41, 5.74) is 0. The van der Waals surface area contributed by atoms with Crippen LogP contribution in [0.1, 0.15) is 13.8 Å². The minimum absolute atomic E-state index is 0.0526. The van der Waals surface area contributed by atoms with Crippen LogP contribution in [-0.4, -0.2) is 59.7 Å². The number of carbonyl (C=O) groups is 2. The molecule has 0 bridgehead atoms. The Balaban J connectivity index is 1.84. The molecule has 1 saturated heterocycles. The van der Waals surface area contributed by atoms with Crippen molar-refractivity contribution >= 4 is 35.3 Å². The van der Waals surface area contributed by atoms with E-state index in [9.17, 15) is 9.59 Å². The zero-order valence-electron chi connectivity index (χ0n) is 13.4. The summed E-state index contributed by atoms with van der Waals surface area (Å²) in [6.45, 7) is 6.76. The van der Waals surface area contributed by atoms with Gasteiger partial charge in [0.1, 0.15) is 0 Å². The first-order valence-corrected chi connectivity index (χ1v) is 9.00. The van der Waals surface area contributed by atoms with Gasteiger partial charge in [0.15, 0.2) is 0 Å². The zero-order chi connectivity index (χ0) is 16.8. The lowest BCUT2D eigenvalue weighted by atomic mass is 10.3. The fraction of sp³-hybridized carbons (Fsp3) is 0.500. The van der Waals surface area contributed by atoms with Crippen LogP contribution in [0, 0.1) is 0 Å². The van der Waals surface area contributed by atoms with Gasteiger partial charge in [-0.05, 0) is 38.1 Å². The molecule has 1 N–H and O–H groups in total. The third-order valence-corrected chi connectivity index (χ3v) is 5.03. The molecule has 1 fully saturated rings. The quantitative estimate of drug-likeness (QED) is 0.845. The topological polar surface area (TPSA) is 52.7 Å². The Morgan fingerprint density at radius 2 is 1.74 bits per heavy atom. The standard InChI is InChI=1S/C16H22ClN3O2S/c1-3-18-16(22)20-10-8-19(9-11-20)15(21)12(2)23-14-6-4-13(17)5-7-14/h4-7,12H,3,8-11H2,1-2H3,(H,18,22). The highest BCUT2D eigenvalue weighted by atomic mass is 35.5. The fourth-order valence-electron chi connectivity index (χ4n) is 2.42. The lowest BCUT2D eigenvalue weighted by Gasteiger charge is -2.35. The van der Waals surface area contributed by atoms with Gasteiger partial charge >= 0.3 is 6.03 Å². The van der Waals surface area contributed by atoms with Gasteiger partial charge in [-0.25, -0.2) is 4.79 Å². The Labute approximate surface area is 146 Å². The number of benzene rings is 1. The average Bonchev–Trinajstić information content (AvgIpc) is 2.56. The SMILES string of the molecule is CCNC(=O)N1CCN(C(=O)C(C)Sc2ccc(Cl)cc2)CC1. The molecule has 0 radical (unpaired) electrons. The van der Waals surface area contributed by atoms with Crippen LogP contribution >= 0.6 is 23.4 Å². The lowest BCUT2D eigenvalue weighted by Crippen LogP contribution is -2.54. The van der Waals surface area contributed by atoms with Gasteiger partial charge in [-0.15, -0.1) is 11.8 Å². The maximum atomic E-state index is 12.5. The summed E-state index contributed by atoms with van der Waals surface area (Å²) in [4.78, 5) is 28.9. The van der Waals surface area contributed by atoms with E-state index in [0.29, 0.717) is 37.7 Å². The lowest BCUT2D eigenvalue weighted by molar-refractivity contribution is -0.131. The van der Waals surface area contributed by atoms with Crippen molar-refractivity contribution in [2.24, 2.45) is 0 Å². The van der Waals surface area contributed by atoms with E-state index < -0.39 is 0 Å². The second kappa shape index (κ2) is 8.45. The predicted molar refractivity (Wildman–Crippen MR) is 94.0 cm³/mol. The molecule has 1 aromatic rings. The minimum atomic E-state index is -0.160.